The van der Waals surface area contributed by atoms with Crippen molar-refractivity contribution in [1.82, 2.24) is 0 Å². The first-order chi connectivity index (χ1) is 6.34. The zero-order chi connectivity index (χ0) is 9.52. The van der Waals surface area contributed by atoms with Crippen LogP contribution < -0.4 is 0 Å². The summed E-state index contributed by atoms with van der Waals surface area (Å²) in [5.41, 5.74) is 0. The third-order valence-corrected chi connectivity index (χ3v) is 2.76. The predicted molar refractivity (Wildman–Crippen MR) is 55.3 cm³/mol. The molecule has 0 amide bonds. The first-order valence-electron chi connectivity index (χ1n) is 5.48. The van der Waals surface area contributed by atoms with Gasteiger partial charge >= 0.3 is 0 Å². The zero-order valence-corrected chi connectivity index (χ0v) is 8.55. The summed E-state index contributed by atoms with van der Waals surface area (Å²) >= 11 is 0. The molecule has 0 heterocycles. The van der Waals surface area contributed by atoms with E-state index in [2.05, 4.69) is 18.8 Å². The molecule has 0 aromatic heterocycles. The normalized spacial score (nSPS) is 26.9. The van der Waals surface area contributed by atoms with Crippen molar-refractivity contribution in [2.45, 2.75) is 58.0 Å². The molecule has 0 unspecified atom stereocenters. The molecule has 1 fully saturated rings. The van der Waals surface area contributed by atoms with Gasteiger partial charge < -0.3 is 5.11 Å². The summed E-state index contributed by atoms with van der Waals surface area (Å²) in [6.07, 6.45) is 7.64. The SMILES string of the molecule is CCCCC#CC[C@H]1CCC[C@H]1O. The number of aliphatic hydroxyl groups excluding tert-OH is 1. The Hall–Kier alpha value is -0.480. The monoisotopic (exact) mass is 180 g/mol. The highest BCUT2D eigenvalue weighted by atomic mass is 16.3. The van der Waals surface area contributed by atoms with Crippen molar-refractivity contribution in [2.24, 2.45) is 5.92 Å². The van der Waals surface area contributed by atoms with E-state index >= 15 is 0 Å². The number of hydrogen-bond acceptors (Lipinski definition) is 1. The average Bonchev–Trinajstić information content (AvgIpc) is 2.52. The van der Waals surface area contributed by atoms with Gasteiger partial charge in [0.1, 0.15) is 0 Å². The topological polar surface area (TPSA) is 20.2 Å². The largest absolute Gasteiger partial charge is 0.393 e. The van der Waals surface area contributed by atoms with E-state index in [9.17, 15) is 5.11 Å². The maximum Gasteiger partial charge on any atom is 0.0577 e. The molecule has 0 radical (unpaired) electrons. The molecular formula is C12H20O. The van der Waals surface area contributed by atoms with Crippen molar-refractivity contribution in [3.63, 3.8) is 0 Å². The zero-order valence-electron chi connectivity index (χ0n) is 8.55. The highest BCUT2D eigenvalue weighted by molar-refractivity contribution is 5.01. The quantitative estimate of drug-likeness (QED) is 0.523. The van der Waals surface area contributed by atoms with Gasteiger partial charge in [-0.1, -0.05) is 19.8 Å². The van der Waals surface area contributed by atoms with Crippen LogP contribution in [-0.4, -0.2) is 11.2 Å². The summed E-state index contributed by atoms with van der Waals surface area (Å²) in [6, 6.07) is 0. The van der Waals surface area contributed by atoms with E-state index in [1.165, 1.54) is 25.7 Å². The fourth-order valence-electron chi connectivity index (χ4n) is 1.81. The van der Waals surface area contributed by atoms with E-state index in [1.54, 1.807) is 0 Å². The minimum absolute atomic E-state index is 0.0690. The van der Waals surface area contributed by atoms with Crippen LogP contribution in [0.25, 0.3) is 0 Å². The van der Waals surface area contributed by atoms with Crippen molar-refractivity contribution >= 4 is 0 Å². The highest BCUT2D eigenvalue weighted by Crippen LogP contribution is 2.27. The van der Waals surface area contributed by atoms with E-state index in [1.807, 2.05) is 0 Å². The van der Waals surface area contributed by atoms with Gasteiger partial charge in [-0.2, -0.15) is 0 Å². The van der Waals surface area contributed by atoms with Crippen molar-refractivity contribution in [1.29, 1.82) is 0 Å². The average molecular weight is 180 g/mol. The molecule has 1 N–H and O–H groups in total. The molecule has 74 valence electrons. The molecule has 0 saturated heterocycles. The minimum Gasteiger partial charge on any atom is -0.393 e. The highest BCUT2D eigenvalue weighted by Gasteiger charge is 2.23. The second kappa shape index (κ2) is 6.05. The molecule has 1 heteroatoms. The smallest absolute Gasteiger partial charge is 0.0577 e. The maximum atomic E-state index is 9.52. The van der Waals surface area contributed by atoms with Gasteiger partial charge in [-0.05, 0) is 25.2 Å². The van der Waals surface area contributed by atoms with Gasteiger partial charge in [-0.3, -0.25) is 0 Å². The Morgan fingerprint density at radius 3 is 2.77 bits per heavy atom. The van der Waals surface area contributed by atoms with Gasteiger partial charge in [-0.25, -0.2) is 0 Å². The van der Waals surface area contributed by atoms with Crippen molar-refractivity contribution in [2.75, 3.05) is 0 Å². The second-order valence-electron chi connectivity index (χ2n) is 3.92. The molecule has 0 aromatic carbocycles. The van der Waals surface area contributed by atoms with E-state index in [4.69, 9.17) is 0 Å². The third-order valence-electron chi connectivity index (χ3n) is 2.76. The number of hydrogen-bond donors (Lipinski definition) is 1. The standard InChI is InChI=1S/C12H20O/c1-2-3-4-5-6-8-11-9-7-10-12(11)13/h11-13H,2-4,7-10H2,1H3/t11-,12+/m0/s1. The molecule has 2 atom stereocenters. The molecule has 1 saturated carbocycles. The molecule has 0 bridgehead atoms. The van der Waals surface area contributed by atoms with Gasteiger partial charge in [0, 0.05) is 12.8 Å². The number of aliphatic hydroxyl groups is 1. The fourth-order valence-corrected chi connectivity index (χ4v) is 1.81. The first-order valence-corrected chi connectivity index (χ1v) is 5.48. The van der Waals surface area contributed by atoms with Crippen LogP contribution in [0.3, 0.4) is 0 Å². The summed E-state index contributed by atoms with van der Waals surface area (Å²) in [5, 5.41) is 9.52. The molecule has 1 nitrogen and oxygen atoms in total. The van der Waals surface area contributed by atoms with Crippen LogP contribution in [0.15, 0.2) is 0 Å². The molecule has 1 rings (SSSR count). The Morgan fingerprint density at radius 1 is 1.31 bits per heavy atom. The Bertz CT molecular complexity index is 187. The van der Waals surface area contributed by atoms with Gasteiger partial charge in [0.15, 0.2) is 0 Å². The van der Waals surface area contributed by atoms with Crippen molar-refractivity contribution in [3.8, 4) is 11.8 Å². The molecule has 1 aliphatic carbocycles. The summed E-state index contributed by atoms with van der Waals surface area (Å²) in [4.78, 5) is 0. The van der Waals surface area contributed by atoms with Gasteiger partial charge in [0.25, 0.3) is 0 Å². The van der Waals surface area contributed by atoms with E-state index < -0.39 is 0 Å². The number of unbranched alkanes of at least 4 members (excludes halogenated alkanes) is 2. The second-order valence-corrected chi connectivity index (χ2v) is 3.92. The van der Waals surface area contributed by atoms with Crippen molar-refractivity contribution in [3.05, 3.63) is 0 Å². The van der Waals surface area contributed by atoms with E-state index in [0.717, 1.165) is 19.3 Å². The van der Waals surface area contributed by atoms with Gasteiger partial charge in [-0.15, -0.1) is 11.8 Å². The van der Waals surface area contributed by atoms with Crippen LogP contribution in [0.4, 0.5) is 0 Å². The molecular weight excluding hydrogens is 160 g/mol. The van der Waals surface area contributed by atoms with Crippen LogP contribution in [0, 0.1) is 17.8 Å². The van der Waals surface area contributed by atoms with Gasteiger partial charge in [0.05, 0.1) is 6.10 Å². The van der Waals surface area contributed by atoms with Crippen LogP contribution in [0.2, 0.25) is 0 Å². The molecule has 0 spiro atoms. The summed E-state index contributed by atoms with van der Waals surface area (Å²) in [6.45, 7) is 2.18. The predicted octanol–water partition coefficient (Wildman–Crippen LogP) is 2.73. The Balaban J connectivity index is 2.12. The maximum absolute atomic E-state index is 9.52. The van der Waals surface area contributed by atoms with Crippen LogP contribution in [-0.2, 0) is 0 Å². The Labute approximate surface area is 81.5 Å². The summed E-state index contributed by atoms with van der Waals surface area (Å²) in [5.74, 6) is 6.82. The van der Waals surface area contributed by atoms with Crippen LogP contribution in [0.5, 0.6) is 0 Å². The molecule has 0 aliphatic heterocycles. The summed E-state index contributed by atoms with van der Waals surface area (Å²) < 4.78 is 0. The van der Waals surface area contributed by atoms with Crippen LogP contribution >= 0.6 is 0 Å². The van der Waals surface area contributed by atoms with Gasteiger partial charge in [0.2, 0.25) is 0 Å². The lowest BCUT2D eigenvalue weighted by Gasteiger charge is -2.09. The van der Waals surface area contributed by atoms with Crippen LogP contribution in [0.1, 0.15) is 51.9 Å². The lowest BCUT2D eigenvalue weighted by molar-refractivity contribution is 0.135. The molecule has 1 aliphatic rings. The first kappa shape index (κ1) is 10.6. The number of rotatable bonds is 3. The fraction of sp³-hybridized carbons (Fsp3) is 0.833. The lowest BCUT2D eigenvalue weighted by Crippen LogP contribution is -2.11. The lowest BCUT2D eigenvalue weighted by atomic mass is 10.0. The minimum atomic E-state index is -0.0690. The molecule has 13 heavy (non-hydrogen) atoms. The Kier molecular flexibility index (Phi) is 4.93. The Morgan fingerprint density at radius 2 is 2.15 bits per heavy atom. The third kappa shape index (κ3) is 3.83. The summed E-state index contributed by atoms with van der Waals surface area (Å²) in [7, 11) is 0. The van der Waals surface area contributed by atoms with E-state index in [-0.39, 0.29) is 6.10 Å². The van der Waals surface area contributed by atoms with E-state index in [0.29, 0.717) is 5.92 Å². The van der Waals surface area contributed by atoms with Crippen molar-refractivity contribution < 1.29 is 5.11 Å². The molecule has 0 aromatic rings.